The Balaban J connectivity index is 1.69. The van der Waals surface area contributed by atoms with Crippen LogP contribution in [0.2, 0.25) is 0 Å². The molecule has 1 amide bonds. The van der Waals surface area contributed by atoms with Gasteiger partial charge in [0.25, 0.3) is 0 Å². The number of amides is 1. The average molecular weight is 329 g/mol. The van der Waals surface area contributed by atoms with Crippen molar-refractivity contribution in [1.82, 2.24) is 9.97 Å². The Hall–Kier alpha value is -3.01. The molecule has 0 unspecified atom stereocenters. The summed E-state index contributed by atoms with van der Waals surface area (Å²) in [4.78, 5) is 22.3. The van der Waals surface area contributed by atoms with Crippen molar-refractivity contribution in [2.24, 2.45) is 0 Å². The monoisotopic (exact) mass is 329 g/mol. The lowest BCUT2D eigenvalue weighted by Crippen LogP contribution is -2.23. The van der Waals surface area contributed by atoms with E-state index < -0.39 is 0 Å². The fraction of sp³-hybridized carbons (Fsp3) is 0.190. The molecule has 0 aliphatic carbocycles. The predicted molar refractivity (Wildman–Crippen MR) is 99.2 cm³/mol. The van der Waals surface area contributed by atoms with Crippen LogP contribution in [0.4, 0.5) is 5.69 Å². The maximum Gasteiger partial charge on any atom is 0.227 e. The van der Waals surface area contributed by atoms with Crippen molar-refractivity contribution >= 4 is 11.6 Å². The van der Waals surface area contributed by atoms with Gasteiger partial charge in [-0.3, -0.25) is 14.8 Å². The standard InChI is InChI=1S/C21H19N3O/c1-15-11-19(24-10-2-3-21(24)25)4-5-20(15)18-12-17(13-23-14-18)16-6-8-22-9-7-16/h4-9,11-14H,2-3,10H2,1H3. The van der Waals surface area contributed by atoms with Crippen LogP contribution in [0.5, 0.6) is 0 Å². The van der Waals surface area contributed by atoms with Gasteiger partial charge in [0, 0.05) is 54.6 Å². The highest BCUT2D eigenvalue weighted by molar-refractivity contribution is 5.95. The molecule has 1 aliphatic rings. The number of pyridine rings is 2. The molecule has 25 heavy (non-hydrogen) atoms. The molecule has 0 bridgehead atoms. The van der Waals surface area contributed by atoms with Crippen LogP contribution in [0.15, 0.2) is 61.2 Å². The molecular weight excluding hydrogens is 310 g/mol. The highest BCUT2D eigenvalue weighted by Crippen LogP contribution is 2.31. The molecule has 3 aromatic rings. The summed E-state index contributed by atoms with van der Waals surface area (Å²) < 4.78 is 0. The molecule has 0 saturated carbocycles. The molecule has 0 atom stereocenters. The number of carbonyl (C=O) groups excluding carboxylic acids is 1. The highest BCUT2D eigenvalue weighted by atomic mass is 16.2. The van der Waals surface area contributed by atoms with Crippen LogP contribution in [0, 0.1) is 6.92 Å². The van der Waals surface area contributed by atoms with Crippen molar-refractivity contribution in [2.75, 3.05) is 11.4 Å². The number of hydrogen-bond donors (Lipinski definition) is 0. The molecule has 0 radical (unpaired) electrons. The van der Waals surface area contributed by atoms with Gasteiger partial charge in [0.1, 0.15) is 0 Å². The Bertz CT molecular complexity index is 921. The largest absolute Gasteiger partial charge is 0.312 e. The lowest BCUT2D eigenvalue weighted by atomic mass is 9.98. The molecule has 4 heteroatoms. The Morgan fingerprint density at radius 1 is 0.920 bits per heavy atom. The summed E-state index contributed by atoms with van der Waals surface area (Å²) in [5, 5.41) is 0. The van der Waals surface area contributed by atoms with Crippen LogP contribution in [-0.4, -0.2) is 22.4 Å². The van der Waals surface area contributed by atoms with Crippen molar-refractivity contribution in [1.29, 1.82) is 0 Å². The molecule has 2 aromatic heterocycles. The number of rotatable bonds is 3. The van der Waals surface area contributed by atoms with Crippen molar-refractivity contribution in [3.05, 3.63) is 66.7 Å². The van der Waals surface area contributed by atoms with Gasteiger partial charge in [-0.15, -0.1) is 0 Å². The first-order valence-corrected chi connectivity index (χ1v) is 8.49. The SMILES string of the molecule is Cc1cc(N2CCCC2=O)ccc1-c1cncc(-c2ccncc2)c1. The minimum absolute atomic E-state index is 0.216. The van der Waals surface area contributed by atoms with E-state index in [0.29, 0.717) is 6.42 Å². The minimum Gasteiger partial charge on any atom is -0.312 e. The second kappa shape index (κ2) is 6.48. The van der Waals surface area contributed by atoms with Crippen molar-refractivity contribution in [3.8, 4) is 22.3 Å². The second-order valence-electron chi connectivity index (χ2n) is 6.35. The highest BCUT2D eigenvalue weighted by Gasteiger charge is 2.22. The Morgan fingerprint density at radius 3 is 2.44 bits per heavy atom. The smallest absolute Gasteiger partial charge is 0.227 e. The van der Waals surface area contributed by atoms with E-state index in [1.807, 2.05) is 35.5 Å². The van der Waals surface area contributed by atoms with Gasteiger partial charge in [0.15, 0.2) is 0 Å². The average Bonchev–Trinajstić information content (AvgIpc) is 3.08. The summed E-state index contributed by atoms with van der Waals surface area (Å²) in [6.45, 7) is 2.90. The second-order valence-corrected chi connectivity index (χ2v) is 6.35. The number of aromatic nitrogens is 2. The lowest BCUT2D eigenvalue weighted by Gasteiger charge is -2.18. The Morgan fingerprint density at radius 2 is 1.72 bits per heavy atom. The summed E-state index contributed by atoms with van der Waals surface area (Å²) in [5.74, 6) is 0.216. The first kappa shape index (κ1) is 15.5. The zero-order chi connectivity index (χ0) is 17.2. The van der Waals surface area contributed by atoms with E-state index in [2.05, 4.69) is 35.1 Å². The number of benzene rings is 1. The summed E-state index contributed by atoms with van der Waals surface area (Å²) in [5.41, 5.74) is 6.51. The van der Waals surface area contributed by atoms with E-state index in [4.69, 9.17) is 0 Å². The van der Waals surface area contributed by atoms with Gasteiger partial charge in [0.05, 0.1) is 0 Å². The molecule has 1 saturated heterocycles. The summed E-state index contributed by atoms with van der Waals surface area (Å²) in [6, 6.07) is 12.3. The van der Waals surface area contributed by atoms with Crippen LogP contribution >= 0.6 is 0 Å². The van der Waals surface area contributed by atoms with E-state index in [9.17, 15) is 4.79 Å². The van der Waals surface area contributed by atoms with E-state index in [1.165, 1.54) is 0 Å². The minimum atomic E-state index is 0.216. The van der Waals surface area contributed by atoms with Crippen molar-refractivity contribution in [2.45, 2.75) is 19.8 Å². The molecule has 0 N–H and O–H groups in total. The zero-order valence-corrected chi connectivity index (χ0v) is 14.1. The van der Waals surface area contributed by atoms with Crippen molar-refractivity contribution < 1.29 is 4.79 Å². The van der Waals surface area contributed by atoms with Gasteiger partial charge in [-0.25, -0.2) is 0 Å². The molecule has 4 rings (SSSR count). The number of hydrogen-bond acceptors (Lipinski definition) is 3. The van der Waals surface area contributed by atoms with E-state index in [0.717, 1.165) is 46.5 Å². The van der Waals surface area contributed by atoms with E-state index >= 15 is 0 Å². The van der Waals surface area contributed by atoms with Gasteiger partial charge < -0.3 is 4.90 Å². The molecule has 3 heterocycles. The van der Waals surface area contributed by atoms with Gasteiger partial charge in [0.2, 0.25) is 5.91 Å². The molecule has 124 valence electrons. The summed E-state index contributed by atoms with van der Waals surface area (Å²) in [6.07, 6.45) is 8.92. The Labute approximate surface area is 147 Å². The molecule has 4 nitrogen and oxygen atoms in total. The van der Waals surface area contributed by atoms with Gasteiger partial charge >= 0.3 is 0 Å². The quantitative estimate of drug-likeness (QED) is 0.722. The van der Waals surface area contributed by atoms with E-state index in [1.54, 1.807) is 12.4 Å². The fourth-order valence-corrected chi connectivity index (χ4v) is 3.35. The summed E-state index contributed by atoms with van der Waals surface area (Å²) >= 11 is 0. The number of carbonyl (C=O) groups is 1. The maximum atomic E-state index is 12.0. The molecule has 0 spiro atoms. The van der Waals surface area contributed by atoms with Gasteiger partial charge in [-0.2, -0.15) is 0 Å². The fourth-order valence-electron chi connectivity index (χ4n) is 3.35. The van der Waals surface area contributed by atoms with Crippen LogP contribution in [0.1, 0.15) is 18.4 Å². The van der Waals surface area contributed by atoms with Crippen LogP contribution < -0.4 is 4.90 Å². The van der Waals surface area contributed by atoms with Gasteiger partial charge in [-0.1, -0.05) is 6.07 Å². The third-order valence-electron chi connectivity index (χ3n) is 4.66. The topological polar surface area (TPSA) is 46.1 Å². The summed E-state index contributed by atoms with van der Waals surface area (Å²) in [7, 11) is 0. The molecular formula is C21H19N3O. The Kier molecular flexibility index (Phi) is 4.02. The molecule has 1 aromatic carbocycles. The molecule has 1 aliphatic heterocycles. The first-order valence-electron chi connectivity index (χ1n) is 8.49. The number of nitrogens with zero attached hydrogens (tertiary/aromatic N) is 3. The maximum absolute atomic E-state index is 12.0. The van der Waals surface area contributed by atoms with Crippen LogP contribution in [-0.2, 0) is 4.79 Å². The lowest BCUT2D eigenvalue weighted by molar-refractivity contribution is -0.117. The van der Waals surface area contributed by atoms with Crippen LogP contribution in [0.25, 0.3) is 22.3 Å². The number of aryl methyl sites for hydroxylation is 1. The van der Waals surface area contributed by atoms with Crippen molar-refractivity contribution in [3.63, 3.8) is 0 Å². The van der Waals surface area contributed by atoms with E-state index in [-0.39, 0.29) is 5.91 Å². The number of anilines is 1. The normalized spacial score (nSPS) is 14.1. The van der Waals surface area contributed by atoms with Gasteiger partial charge in [-0.05, 0) is 60.4 Å². The third-order valence-corrected chi connectivity index (χ3v) is 4.66. The van der Waals surface area contributed by atoms with Crippen LogP contribution in [0.3, 0.4) is 0 Å². The first-order chi connectivity index (χ1) is 12.2. The predicted octanol–water partition coefficient (Wildman–Crippen LogP) is 4.25. The third kappa shape index (κ3) is 3.03. The molecule has 1 fully saturated rings. The zero-order valence-electron chi connectivity index (χ0n) is 14.1.